The lowest BCUT2D eigenvalue weighted by molar-refractivity contribution is -0.150. The number of nitrogens with one attached hydrogen (secondary N) is 1. The van der Waals surface area contributed by atoms with Crippen LogP contribution in [0, 0.1) is 11.8 Å². The van der Waals surface area contributed by atoms with E-state index in [1.165, 1.54) is 38.1 Å². The monoisotopic (exact) mass is 850 g/mol. The molecule has 324 valence electrons. The zero-order chi connectivity index (χ0) is 42.9. The molecule has 0 aliphatic carbocycles. The molecular weight excluding hydrogens is 796 g/mol. The number of methoxy groups -OCH3 is 3. The number of benzene rings is 3. The average molecular weight is 851 g/mol. The van der Waals surface area contributed by atoms with E-state index >= 15 is 0 Å². The van der Waals surface area contributed by atoms with Gasteiger partial charge < -0.3 is 34.9 Å². The minimum Gasteiger partial charge on any atom is -0.468 e. The van der Waals surface area contributed by atoms with Crippen LogP contribution in [-0.4, -0.2) is 116 Å². The fraction of sp³-hybridized carbons (Fsp3) is 0.432. The van der Waals surface area contributed by atoms with Crippen LogP contribution in [0.4, 0.5) is 4.79 Å². The molecule has 3 heterocycles. The largest absolute Gasteiger partial charge is 0.468 e. The molecule has 60 heavy (non-hydrogen) atoms. The van der Waals surface area contributed by atoms with Crippen molar-refractivity contribution >= 4 is 53.9 Å². The van der Waals surface area contributed by atoms with Gasteiger partial charge in [0.25, 0.3) is 0 Å². The van der Waals surface area contributed by atoms with Crippen molar-refractivity contribution in [2.24, 2.45) is 17.6 Å². The summed E-state index contributed by atoms with van der Waals surface area (Å²) in [7, 11) is 3.98. The normalized spacial score (nSPS) is 21.4. The van der Waals surface area contributed by atoms with Crippen molar-refractivity contribution in [1.82, 2.24) is 15.1 Å². The molecule has 3 aromatic carbocycles. The molecule has 0 radical (unpaired) electrons. The number of esters is 3. The molecule has 15 nitrogen and oxygen atoms in total. The van der Waals surface area contributed by atoms with Gasteiger partial charge in [-0.2, -0.15) is 0 Å². The quantitative estimate of drug-likeness (QED) is 0.156. The first-order valence-corrected chi connectivity index (χ1v) is 19.5. The lowest BCUT2D eigenvalue weighted by atomic mass is 9.96. The van der Waals surface area contributed by atoms with Gasteiger partial charge in [-0.3, -0.25) is 24.1 Å². The maximum Gasteiger partial charge on any atom is 0.410 e. The fourth-order valence-corrected chi connectivity index (χ4v) is 7.30. The molecule has 2 amide bonds. The zero-order valence-electron chi connectivity index (χ0n) is 34.4. The summed E-state index contributed by atoms with van der Waals surface area (Å²) in [5, 5.41) is 3.09. The number of amides is 2. The number of nitrogens with two attached hydrogens (primary N) is 1. The van der Waals surface area contributed by atoms with E-state index in [9.17, 15) is 33.6 Å². The van der Waals surface area contributed by atoms with Crippen LogP contribution in [-0.2, 0) is 44.7 Å². The number of rotatable bonds is 11. The molecule has 6 atom stereocenters. The van der Waals surface area contributed by atoms with E-state index in [0.717, 1.165) is 11.1 Å². The molecule has 3 aromatic rings. The van der Waals surface area contributed by atoms with Gasteiger partial charge in [0.15, 0.2) is 11.6 Å². The highest BCUT2D eigenvalue weighted by molar-refractivity contribution is 5.97. The summed E-state index contributed by atoms with van der Waals surface area (Å²) in [4.78, 5) is 85.4. The second-order valence-electron chi connectivity index (χ2n) is 14.6. The number of nitrogens with zero attached hydrogens (tertiary/aromatic N) is 2. The Morgan fingerprint density at radius 1 is 0.633 bits per heavy atom. The van der Waals surface area contributed by atoms with Crippen LogP contribution >= 0.6 is 12.4 Å². The molecule has 3 aliphatic rings. The highest BCUT2D eigenvalue weighted by Crippen LogP contribution is 2.28. The van der Waals surface area contributed by atoms with Crippen molar-refractivity contribution in [3.8, 4) is 0 Å². The summed E-state index contributed by atoms with van der Waals surface area (Å²) in [5.41, 5.74) is 8.08. The molecule has 16 heteroatoms. The number of ether oxygens (including phenoxy) is 4. The molecule has 3 fully saturated rings. The van der Waals surface area contributed by atoms with E-state index in [1.807, 2.05) is 78.9 Å². The highest BCUT2D eigenvalue weighted by Gasteiger charge is 2.41. The van der Waals surface area contributed by atoms with Crippen LogP contribution < -0.4 is 11.1 Å². The van der Waals surface area contributed by atoms with Gasteiger partial charge in [-0.25, -0.2) is 14.4 Å². The summed E-state index contributed by atoms with van der Waals surface area (Å²) in [6.07, 6.45) is 1.81. The number of hydrogen-bond donors (Lipinski definition) is 2. The second-order valence-corrected chi connectivity index (χ2v) is 14.6. The van der Waals surface area contributed by atoms with Crippen molar-refractivity contribution in [3.05, 3.63) is 108 Å². The third-order valence-electron chi connectivity index (χ3n) is 10.4. The van der Waals surface area contributed by atoms with Gasteiger partial charge in [0, 0.05) is 50.0 Å². The predicted octanol–water partition coefficient (Wildman–Crippen LogP) is 4.40. The Labute approximate surface area is 356 Å². The Morgan fingerprint density at radius 2 is 1.12 bits per heavy atom. The van der Waals surface area contributed by atoms with Gasteiger partial charge in [0.1, 0.15) is 24.7 Å². The molecule has 0 aromatic heterocycles. The van der Waals surface area contributed by atoms with E-state index in [1.54, 1.807) is 12.1 Å². The summed E-state index contributed by atoms with van der Waals surface area (Å²) in [5.74, 6) is -0.922. The molecular formula is C44H55ClN4O11. The van der Waals surface area contributed by atoms with E-state index in [4.69, 9.17) is 15.2 Å². The first-order chi connectivity index (χ1) is 28.3. The lowest BCUT2D eigenvalue weighted by Gasteiger charge is -2.21. The number of ketones is 2. The summed E-state index contributed by atoms with van der Waals surface area (Å²) in [6.45, 7) is 3.01. The number of carbonyl (C=O) groups is 7. The van der Waals surface area contributed by atoms with Crippen molar-refractivity contribution in [1.29, 1.82) is 0 Å². The second kappa shape index (κ2) is 24.4. The standard InChI is InChI=1S/C16H19NO4.C14H18N2O4.C14H17NO3.ClH/c1-11(18)17-10-12(8-14(17)16(20)21-2)9-15(19)13-6-4-3-5-7-13;1-19-13(17)12-7-11(15)8-16(12)14(18)20-9-10-5-3-2-4-6-10;1-18-14(17)12-7-10(9-15-12)8-13(16)11-5-3-2-4-6-11;/h3-7,12,14H,8-10H2,1-2H3;2-6,11-12H,7-9,15H2,1H3;2-6,10,12,15H,7-9H2,1H3;1H/t12-,14-;11-,12+;10-,12-;/m010./s1. The summed E-state index contributed by atoms with van der Waals surface area (Å²) in [6, 6.07) is 25.9. The van der Waals surface area contributed by atoms with Crippen molar-refractivity contribution in [3.63, 3.8) is 0 Å². The van der Waals surface area contributed by atoms with Crippen LogP contribution in [0.5, 0.6) is 0 Å². The van der Waals surface area contributed by atoms with Crippen molar-refractivity contribution in [2.45, 2.75) is 69.8 Å². The topological polar surface area (TPSA) is 201 Å². The third-order valence-corrected chi connectivity index (χ3v) is 10.4. The smallest absolute Gasteiger partial charge is 0.410 e. The molecule has 3 saturated heterocycles. The molecule has 0 unspecified atom stereocenters. The summed E-state index contributed by atoms with van der Waals surface area (Å²) < 4.78 is 19.3. The van der Waals surface area contributed by atoms with Crippen molar-refractivity contribution < 1.29 is 52.5 Å². The van der Waals surface area contributed by atoms with Gasteiger partial charge in [-0.05, 0) is 43.2 Å². The average Bonchev–Trinajstić information content (AvgIpc) is 4.02. The predicted molar refractivity (Wildman–Crippen MR) is 223 cm³/mol. The minimum atomic E-state index is -0.654. The lowest BCUT2D eigenvalue weighted by Crippen LogP contribution is -2.41. The van der Waals surface area contributed by atoms with E-state index in [-0.39, 0.29) is 66.4 Å². The van der Waals surface area contributed by atoms with Gasteiger partial charge >= 0.3 is 24.0 Å². The highest BCUT2D eigenvalue weighted by atomic mass is 35.5. The van der Waals surface area contributed by atoms with Crippen LogP contribution in [0.1, 0.15) is 65.3 Å². The number of Topliss-reactive ketones (excluding diaryl/α,β-unsaturated/α-hetero) is 2. The Morgan fingerprint density at radius 3 is 1.62 bits per heavy atom. The number of hydrogen-bond acceptors (Lipinski definition) is 13. The Kier molecular flexibility index (Phi) is 19.9. The molecule has 3 aliphatic heterocycles. The SMILES string of the molecule is COC(=O)[C@@H]1C[C@@H](CC(=O)c2ccccc2)CN1.COC(=O)[C@@H]1C[C@@H](CC(=O)c2ccccc2)CN1C(C)=O.COC(=O)[C@@H]1C[C@@H](N)CN1C(=O)OCc1ccccc1.Cl. The van der Waals surface area contributed by atoms with E-state index < -0.39 is 30.1 Å². The minimum absolute atomic E-state index is 0. The zero-order valence-corrected chi connectivity index (χ0v) is 35.2. The maximum atomic E-state index is 12.2. The van der Waals surface area contributed by atoms with E-state index in [0.29, 0.717) is 57.3 Å². The Hall–Kier alpha value is -5.64. The molecule has 0 saturated carbocycles. The van der Waals surface area contributed by atoms with Crippen LogP contribution in [0.15, 0.2) is 91.0 Å². The fourth-order valence-electron chi connectivity index (χ4n) is 7.30. The van der Waals surface area contributed by atoms with Crippen LogP contribution in [0.3, 0.4) is 0 Å². The van der Waals surface area contributed by atoms with Gasteiger partial charge in [-0.15, -0.1) is 12.4 Å². The van der Waals surface area contributed by atoms with Crippen LogP contribution in [0.25, 0.3) is 0 Å². The number of halogens is 1. The van der Waals surface area contributed by atoms with Crippen molar-refractivity contribution in [2.75, 3.05) is 41.0 Å². The van der Waals surface area contributed by atoms with E-state index in [2.05, 4.69) is 14.8 Å². The first kappa shape index (κ1) is 48.7. The number of carbonyl (C=O) groups excluding carboxylic acids is 7. The number of likely N-dealkylation sites (tertiary alicyclic amines) is 2. The Balaban J connectivity index is 0.000000239. The van der Waals surface area contributed by atoms with Gasteiger partial charge in [-0.1, -0.05) is 91.0 Å². The van der Waals surface area contributed by atoms with Gasteiger partial charge in [0.05, 0.1) is 21.3 Å². The van der Waals surface area contributed by atoms with Gasteiger partial charge in [0.2, 0.25) is 5.91 Å². The third kappa shape index (κ3) is 14.3. The molecule has 0 bridgehead atoms. The molecule has 3 N–H and O–H groups in total. The maximum absolute atomic E-state index is 12.2. The summed E-state index contributed by atoms with van der Waals surface area (Å²) >= 11 is 0. The molecule has 0 spiro atoms. The Bertz CT molecular complexity index is 1890. The van der Waals surface area contributed by atoms with Crippen LogP contribution in [0.2, 0.25) is 0 Å². The first-order valence-electron chi connectivity index (χ1n) is 19.5. The molecule has 6 rings (SSSR count).